The fourth-order valence-electron chi connectivity index (χ4n) is 3.42. The van der Waals surface area contributed by atoms with Crippen LogP contribution < -0.4 is 0 Å². The van der Waals surface area contributed by atoms with Crippen molar-refractivity contribution in [2.75, 3.05) is 13.1 Å². The van der Waals surface area contributed by atoms with Gasteiger partial charge in [-0.3, -0.25) is 4.79 Å². The molecule has 24 heavy (non-hydrogen) atoms. The number of nitrogens with zero attached hydrogens (tertiary/aromatic N) is 5. The zero-order valence-corrected chi connectivity index (χ0v) is 13.8. The van der Waals surface area contributed by atoms with Gasteiger partial charge in [0, 0.05) is 31.2 Å². The van der Waals surface area contributed by atoms with Crippen LogP contribution in [0.2, 0.25) is 0 Å². The highest BCUT2D eigenvalue weighted by molar-refractivity contribution is 6.06. The Morgan fingerprint density at radius 2 is 2.25 bits per heavy atom. The number of aryl methyl sites for hydroxylation is 2. The summed E-state index contributed by atoms with van der Waals surface area (Å²) in [6.07, 6.45) is 7.58. The van der Waals surface area contributed by atoms with Gasteiger partial charge in [-0.15, -0.1) is 0 Å². The Morgan fingerprint density at radius 1 is 1.38 bits per heavy atom. The van der Waals surface area contributed by atoms with Crippen molar-refractivity contribution in [2.24, 2.45) is 0 Å². The quantitative estimate of drug-likeness (QED) is 0.723. The summed E-state index contributed by atoms with van der Waals surface area (Å²) in [5.74, 6) is 0.0154. The van der Waals surface area contributed by atoms with Gasteiger partial charge >= 0.3 is 0 Å². The Balaban J connectivity index is 1.67. The van der Waals surface area contributed by atoms with E-state index in [1.54, 1.807) is 6.20 Å². The van der Waals surface area contributed by atoms with Gasteiger partial charge in [0.25, 0.3) is 11.6 Å². The minimum Gasteiger partial charge on any atom is -0.337 e. The molecule has 0 spiro atoms. The summed E-state index contributed by atoms with van der Waals surface area (Å²) in [5, 5.41) is 4.68. The maximum absolute atomic E-state index is 13.1. The number of hydrogen-bond acceptors (Lipinski definition) is 5. The van der Waals surface area contributed by atoms with Crippen molar-refractivity contribution in [2.45, 2.75) is 32.7 Å². The zero-order valence-electron chi connectivity index (χ0n) is 13.8. The van der Waals surface area contributed by atoms with Crippen LogP contribution in [-0.4, -0.2) is 43.6 Å². The van der Waals surface area contributed by atoms with E-state index in [-0.39, 0.29) is 11.9 Å². The minimum absolute atomic E-state index is 0.0154. The molecule has 1 fully saturated rings. The van der Waals surface area contributed by atoms with Gasteiger partial charge < -0.3 is 14.0 Å². The van der Waals surface area contributed by atoms with Crippen molar-refractivity contribution >= 4 is 17.0 Å². The maximum Gasteiger partial charge on any atom is 0.258 e. The smallest absolute Gasteiger partial charge is 0.258 e. The number of hydrogen-bond donors (Lipinski definition) is 0. The number of amides is 1. The van der Waals surface area contributed by atoms with Crippen molar-refractivity contribution in [3.05, 3.63) is 41.7 Å². The van der Waals surface area contributed by atoms with Crippen LogP contribution in [0.1, 0.15) is 40.6 Å². The molecule has 7 nitrogen and oxygen atoms in total. The number of piperidine rings is 1. The van der Waals surface area contributed by atoms with E-state index in [1.165, 1.54) is 0 Å². The Bertz CT molecular complexity index is 884. The second kappa shape index (κ2) is 5.74. The van der Waals surface area contributed by atoms with Crippen LogP contribution in [0.3, 0.4) is 0 Å². The van der Waals surface area contributed by atoms with Gasteiger partial charge in [-0.1, -0.05) is 5.16 Å². The lowest BCUT2D eigenvalue weighted by atomic mass is 10.0. The van der Waals surface area contributed by atoms with Crippen molar-refractivity contribution in [1.29, 1.82) is 0 Å². The molecule has 0 aliphatic carbocycles. The first-order chi connectivity index (χ1) is 11.6. The predicted molar refractivity (Wildman–Crippen MR) is 87.7 cm³/mol. The van der Waals surface area contributed by atoms with E-state index < -0.39 is 0 Å². The molecule has 0 saturated carbocycles. The normalized spacial score (nSPS) is 18.2. The number of fused-ring (bicyclic) bond motifs is 1. The Hall–Kier alpha value is -2.70. The van der Waals surface area contributed by atoms with Crippen LogP contribution >= 0.6 is 0 Å². The average molecular weight is 325 g/mol. The van der Waals surface area contributed by atoms with E-state index in [4.69, 9.17) is 4.52 Å². The molecule has 1 aliphatic rings. The zero-order chi connectivity index (χ0) is 16.7. The van der Waals surface area contributed by atoms with Gasteiger partial charge in [-0.05, 0) is 32.8 Å². The Morgan fingerprint density at radius 3 is 3.04 bits per heavy atom. The van der Waals surface area contributed by atoms with Gasteiger partial charge in [0.2, 0.25) is 0 Å². The molecule has 1 atom stereocenters. The molecule has 0 unspecified atom stereocenters. The lowest BCUT2D eigenvalue weighted by Crippen LogP contribution is -2.40. The molecule has 3 aromatic rings. The van der Waals surface area contributed by atoms with Crippen LogP contribution in [0.25, 0.3) is 11.1 Å². The summed E-state index contributed by atoms with van der Waals surface area (Å²) in [5.41, 5.74) is 2.51. The monoisotopic (exact) mass is 325 g/mol. The summed E-state index contributed by atoms with van der Waals surface area (Å²) in [7, 11) is 0. The predicted octanol–water partition coefficient (Wildman–Crippen LogP) is 2.51. The molecule has 0 N–H and O–H groups in total. The number of carbonyl (C=O) groups is 1. The molecule has 124 valence electrons. The van der Waals surface area contributed by atoms with Crippen LogP contribution in [0, 0.1) is 13.8 Å². The molecule has 7 heteroatoms. The molecular formula is C17H19N5O2. The summed E-state index contributed by atoms with van der Waals surface area (Å²) in [6, 6.07) is 2.10. The highest BCUT2D eigenvalue weighted by atomic mass is 16.5. The molecule has 0 aromatic carbocycles. The van der Waals surface area contributed by atoms with Crippen LogP contribution in [0.4, 0.5) is 0 Å². The number of carbonyl (C=O) groups excluding carboxylic acids is 1. The molecule has 0 bridgehead atoms. The summed E-state index contributed by atoms with van der Waals surface area (Å²) < 4.78 is 7.32. The van der Waals surface area contributed by atoms with Gasteiger partial charge in [-0.25, -0.2) is 9.97 Å². The second-order valence-electron chi connectivity index (χ2n) is 6.32. The van der Waals surface area contributed by atoms with E-state index in [2.05, 4.69) is 19.7 Å². The molecule has 4 heterocycles. The summed E-state index contributed by atoms with van der Waals surface area (Å²) in [4.78, 5) is 23.5. The standard InChI is InChI=1S/C17H19N5O2/c1-11-8-14(15-12(2)20-24-16(15)19-11)17(23)21-6-3-4-13(9-21)22-7-5-18-10-22/h5,7-8,10,13H,3-4,6,9H2,1-2H3/t13-/m1/s1. The third-order valence-corrected chi connectivity index (χ3v) is 4.61. The first kappa shape index (κ1) is 14.9. The third kappa shape index (κ3) is 2.46. The Kier molecular flexibility index (Phi) is 3.55. The van der Waals surface area contributed by atoms with E-state index in [0.29, 0.717) is 23.5 Å². The van der Waals surface area contributed by atoms with E-state index in [0.717, 1.165) is 30.5 Å². The van der Waals surface area contributed by atoms with Crippen molar-refractivity contribution in [3.63, 3.8) is 0 Å². The molecule has 1 amide bonds. The van der Waals surface area contributed by atoms with Crippen LogP contribution in [0.5, 0.6) is 0 Å². The Labute approximate surface area is 139 Å². The molecule has 1 saturated heterocycles. The summed E-state index contributed by atoms with van der Waals surface area (Å²) >= 11 is 0. The largest absolute Gasteiger partial charge is 0.337 e. The number of rotatable bonds is 2. The highest BCUT2D eigenvalue weighted by Gasteiger charge is 2.28. The topological polar surface area (TPSA) is 77.0 Å². The number of aromatic nitrogens is 4. The summed E-state index contributed by atoms with van der Waals surface area (Å²) in [6.45, 7) is 5.14. The van der Waals surface area contributed by atoms with Crippen molar-refractivity contribution in [3.8, 4) is 0 Å². The highest BCUT2D eigenvalue weighted by Crippen LogP contribution is 2.27. The third-order valence-electron chi connectivity index (χ3n) is 4.61. The number of imidazole rings is 1. The second-order valence-corrected chi connectivity index (χ2v) is 6.32. The molecule has 3 aromatic heterocycles. The lowest BCUT2D eigenvalue weighted by Gasteiger charge is -2.33. The fraction of sp³-hybridized carbons (Fsp3) is 0.412. The van der Waals surface area contributed by atoms with Gasteiger partial charge in [0.1, 0.15) is 0 Å². The molecule has 1 aliphatic heterocycles. The fourth-order valence-corrected chi connectivity index (χ4v) is 3.42. The van der Waals surface area contributed by atoms with Crippen LogP contribution in [0.15, 0.2) is 29.3 Å². The van der Waals surface area contributed by atoms with E-state index in [1.807, 2.05) is 37.3 Å². The molecule has 0 radical (unpaired) electrons. The van der Waals surface area contributed by atoms with Gasteiger partial charge in [-0.2, -0.15) is 0 Å². The minimum atomic E-state index is 0.0154. The van der Waals surface area contributed by atoms with Crippen molar-refractivity contribution < 1.29 is 9.32 Å². The molecular weight excluding hydrogens is 306 g/mol. The van der Waals surface area contributed by atoms with Gasteiger partial charge in [0.15, 0.2) is 0 Å². The van der Waals surface area contributed by atoms with Gasteiger partial charge in [0.05, 0.1) is 29.0 Å². The van der Waals surface area contributed by atoms with Crippen LogP contribution in [-0.2, 0) is 0 Å². The molecule has 4 rings (SSSR count). The first-order valence-corrected chi connectivity index (χ1v) is 8.14. The number of pyridine rings is 1. The average Bonchev–Trinajstić information content (AvgIpc) is 3.24. The maximum atomic E-state index is 13.1. The van der Waals surface area contributed by atoms with E-state index in [9.17, 15) is 4.79 Å². The SMILES string of the molecule is Cc1cc(C(=O)N2CCC[C@@H](n3ccnc3)C2)c2c(C)noc2n1. The van der Waals surface area contributed by atoms with Crippen molar-refractivity contribution in [1.82, 2.24) is 24.6 Å². The lowest BCUT2D eigenvalue weighted by molar-refractivity contribution is 0.0681. The number of likely N-dealkylation sites (tertiary alicyclic amines) is 1. The first-order valence-electron chi connectivity index (χ1n) is 8.14. The van der Waals surface area contributed by atoms with E-state index >= 15 is 0 Å².